The van der Waals surface area contributed by atoms with Gasteiger partial charge in [-0.05, 0) is 18.2 Å². The highest BCUT2D eigenvalue weighted by Gasteiger charge is 2.04. The highest BCUT2D eigenvalue weighted by molar-refractivity contribution is 5.63. The molecule has 0 amide bonds. The summed E-state index contributed by atoms with van der Waals surface area (Å²) < 4.78 is 18.4. The van der Waals surface area contributed by atoms with E-state index in [0.29, 0.717) is 5.69 Å². The molecule has 0 bridgehead atoms. The summed E-state index contributed by atoms with van der Waals surface area (Å²) in [7, 11) is 3.25. The molecule has 0 aliphatic rings. The van der Waals surface area contributed by atoms with Crippen LogP contribution in [0.25, 0.3) is 0 Å². The van der Waals surface area contributed by atoms with Gasteiger partial charge in [-0.1, -0.05) is 0 Å². The third-order valence-corrected chi connectivity index (χ3v) is 2.47. The fourth-order valence-electron chi connectivity index (χ4n) is 1.56. The Hall–Kier alpha value is -2.30. The van der Waals surface area contributed by atoms with Crippen LogP contribution < -0.4 is 15.4 Å². The molecule has 94 valence electrons. The van der Waals surface area contributed by atoms with Gasteiger partial charge in [-0.3, -0.25) is 4.98 Å². The maximum absolute atomic E-state index is 13.5. The first-order chi connectivity index (χ1) is 8.72. The van der Waals surface area contributed by atoms with Crippen LogP contribution in [0.4, 0.5) is 21.5 Å². The summed E-state index contributed by atoms with van der Waals surface area (Å²) in [5.41, 5.74) is 2.31. The van der Waals surface area contributed by atoms with Gasteiger partial charge in [-0.15, -0.1) is 0 Å². The number of rotatable bonds is 4. The molecule has 0 aliphatic carbocycles. The average molecular weight is 247 g/mol. The van der Waals surface area contributed by atoms with Crippen molar-refractivity contribution in [1.29, 1.82) is 0 Å². The van der Waals surface area contributed by atoms with E-state index in [0.717, 1.165) is 11.4 Å². The van der Waals surface area contributed by atoms with Gasteiger partial charge in [-0.2, -0.15) is 0 Å². The lowest BCUT2D eigenvalue weighted by Crippen LogP contribution is -1.95. The quantitative estimate of drug-likeness (QED) is 0.871. The number of methoxy groups -OCH3 is 1. The second kappa shape index (κ2) is 5.35. The maximum Gasteiger partial charge on any atom is 0.167 e. The molecule has 0 saturated heterocycles. The van der Waals surface area contributed by atoms with Gasteiger partial charge in [0.1, 0.15) is 0 Å². The van der Waals surface area contributed by atoms with Crippen molar-refractivity contribution in [3.63, 3.8) is 0 Å². The van der Waals surface area contributed by atoms with Crippen molar-refractivity contribution in [2.75, 3.05) is 24.8 Å². The standard InChI is InChI=1S/C13H14FN3O/c1-15-10-5-11(8-16-7-10)17-9-3-4-13(18-2)12(14)6-9/h3-8,15,17H,1-2H3. The molecule has 2 rings (SSSR count). The fourth-order valence-corrected chi connectivity index (χ4v) is 1.56. The second-order valence-electron chi connectivity index (χ2n) is 3.69. The zero-order valence-corrected chi connectivity index (χ0v) is 10.2. The van der Waals surface area contributed by atoms with E-state index < -0.39 is 5.82 Å². The minimum absolute atomic E-state index is 0.225. The van der Waals surface area contributed by atoms with Crippen molar-refractivity contribution in [2.45, 2.75) is 0 Å². The largest absolute Gasteiger partial charge is 0.494 e. The highest BCUT2D eigenvalue weighted by atomic mass is 19.1. The van der Waals surface area contributed by atoms with Crippen LogP contribution in [0.15, 0.2) is 36.7 Å². The highest BCUT2D eigenvalue weighted by Crippen LogP contribution is 2.24. The SMILES string of the molecule is CNc1cncc(Nc2ccc(OC)c(F)c2)c1. The van der Waals surface area contributed by atoms with Crippen LogP contribution in [0.2, 0.25) is 0 Å². The number of aromatic nitrogens is 1. The van der Waals surface area contributed by atoms with Gasteiger partial charge in [0.15, 0.2) is 11.6 Å². The van der Waals surface area contributed by atoms with E-state index in [2.05, 4.69) is 15.6 Å². The number of hydrogen-bond donors (Lipinski definition) is 2. The van der Waals surface area contributed by atoms with E-state index in [1.807, 2.05) is 13.1 Å². The van der Waals surface area contributed by atoms with Crippen molar-refractivity contribution >= 4 is 17.1 Å². The lowest BCUT2D eigenvalue weighted by Gasteiger charge is -2.09. The Morgan fingerprint density at radius 2 is 1.89 bits per heavy atom. The van der Waals surface area contributed by atoms with Crippen molar-refractivity contribution in [3.05, 3.63) is 42.5 Å². The summed E-state index contributed by atoms with van der Waals surface area (Å²) >= 11 is 0. The molecule has 0 spiro atoms. The number of halogens is 1. The Bertz CT molecular complexity index is 546. The summed E-state index contributed by atoms with van der Waals surface area (Å²) in [5, 5.41) is 6.06. The molecule has 0 radical (unpaired) electrons. The molecular weight excluding hydrogens is 233 g/mol. The number of anilines is 3. The van der Waals surface area contributed by atoms with Crippen molar-refractivity contribution in [1.82, 2.24) is 4.98 Å². The summed E-state index contributed by atoms with van der Waals surface area (Å²) in [6.45, 7) is 0. The first kappa shape index (κ1) is 12.2. The number of nitrogens with one attached hydrogen (secondary N) is 2. The minimum atomic E-state index is -0.403. The van der Waals surface area contributed by atoms with E-state index in [9.17, 15) is 4.39 Å². The van der Waals surface area contributed by atoms with Crippen molar-refractivity contribution < 1.29 is 9.13 Å². The summed E-state index contributed by atoms with van der Waals surface area (Å²) in [4.78, 5) is 4.06. The molecule has 2 aromatic rings. The molecule has 0 aliphatic heterocycles. The topological polar surface area (TPSA) is 46.2 Å². The number of ether oxygens (including phenoxy) is 1. The maximum atomic E-state index is 13.5. The van der Waals surface area contributed by atoms with Crippen LogP contribution in [0.5, 0.6) is 5.75 Å². The van der Waals surface area contributed by atoms with Gasteiger partial charge in [0.2, 0.25) is 0 Å². The molecule has 1 aromatic carbocycles. The third-order valence-electron chi connectivity index (χ3n) is 2.47. The molecule has 0 saturated carbocycles. The Labute approximate surface area is 105 Å². The molecule has 1 aromatic heterocycles. The number of benzene rings is 1. The summed E-state index contributed by atoms with van der Waals surface area (Å²) in [6, 6.07) is 6.58. The zero-order valence-electron chi connectivity index (χ0n) is 10.2. The van der Waals surface area contributed by atoms with Gasteiger partial charge in [-0.25, -0.2) is 4.39 Å². The van der Waals surface area contributed by atoms with E-state index in [1.54, 1.807) is 24.5 Å². The van der Waals surface area contributed by atoms with Crippen LogP contribution in [0.3, 0.4) is 0 Å². The second-order valence-corrected chi connectivity index (χ2v) is 3.69. The third kappa shape index (κ3) is 2.68. The normalized spacial score (nSPS) is 9.94. The van der Waals surface area contributed by atoms with Crippen LogP contribution in [0.1, 0.15) is 0 Å². The Balaban J connectivity index is 2.20. The lowest BCUT2D eigenvalue weighted by molar-refractivity contribution is 0.386. The summed E-state index contributed by atoms with van der Waals surface area (Å²) in [5.74, 6) is -0.178. The summed E-state index contributed by atoms with van der Waals surface area (Å²) in [6.07, 6.45) is 3.38. The lowest BCUT2D eigenvalue weighted by atomic mass is 10.2. The van der Waals surface area contributed by atoms with E-state index >= 15 is 0 Å². The van der Waals surface area contributed by atoms with Crippen LogP contribution in [-0.4, -0.2) is 19.1 Å². The molecule has 5 heteroatoms. The number of hydrogen-bond acceptors (Lipinski definition) is 4. The zero-order chi connectivity index (χ0) is 13.0. The van der Waals surface area contributed by atoms with Crippen LogP contribution in [0, 0.1) is 5.82 Å². The molecule has 18 heavy (non-hydrogen) atoms. The average Bonchev–Trinajstić information content (AvgIpc) is 2.39. The first-order valence-electron chi connectivity index (χ1n) is 5.46. The van der Waals surface area contributed by atoms with Gasteiger partial charge in [0.25, 0.3) is 0 Å². The first-order valence-corrected chi connectivity index (χ1v) is 5.46. The Morgan fingerprint density at radius 3 is 2.56 bits per heavy atom. The predicted octanol–water partition coefficient (Wildman–Crippen LogP) is 3.01. The fraction of sp³-hybridized carbons (Fsp3) is 0.154. The van der Waals surface area contributed by atoms with E-state index in [-0.39, 0.29) is 5.75 Å². The van der Waals surface area contributed by atoms with Gasteiger partial charge < -0.3 is 15.4 Å². The van der Waals surface area contributed by atoms with Gasteiger partial charge >= 0.3 is 0 Å². The van der Waals surface area contributed by atoms with Crippen LogP contribution >= 0.6 is 0 Å². The van der Waals surface area contributed by atoms with Gasteiger partial charge in [0, 0.05) is 18.8 Å². The molecule has 0 fully saturated rings. The predicted molar refractivity (Wildman–Crippen MR) is 70.0 cm³/mol. The van der Waals surface area contributed by atoms with Gasteiger partial charge in [0.05, 0.1) is 30.9 Å². The molecule has 0 unspecified atom stereocenters. The molecule has 0 atom stereocenters. The number of nitrogens with zero attached hydrogens (tertiary/aromatic N) is 1. The minimum Gasteiger partial charge on any atom is -0.494 e. The Morgan fingerprint density at radius 1 is 1.11 bits per heavy atom. The monoisotopic (exact) mass is 247 g/mol. The van der Waals surface area contributed by atoms with E-state index in [1.165, 1.54) is 13.2 Å². The molecular formula is C13H14FN3O. The molecule has 1 heterocycles. The smallest absolute Gasteiger partial charge is 0.167 e. The Kier molecular flexibility index (Phi) is 3.62. The van der Waals surface area contributed by atoms with Crippen molar-refractivity contribution in [3.8, 4) is 5.75 Å². The molecule has 2 N–H and O–H groups in total. The number of pyridine rings is 1. The molecule has 4 nitrogen and oxygen atoms in total. The van der Waals surface area contributed by atoms with Crippen LogP contribution in [-0.2, 0) is 0 Å². The van der Waals surface area contributed by atoms with E-state index in [4.69, 9.17) is 4.74 Å². The van der Waals surface area contributed by atoms with Crippen molar-refractivity contribution in [2.24, 2.45) is 0 Å².